The van der Waals surface area contributed by atoms with Crippen molar-refractivity contribution < 1.29 is 4.79 Å². The van der Waals surface area contributed by atoms with Gasteiger partial charge in [-0.05, 0) is 18.6 Å². The van der Waals surface area contributed by atoms with E-state index in [1.165, 1.54) is 11.3 Å². The Balaban J connectivity index is 2.14. The fraction of sp³-hybridized carbons (Fsp3) is 0.125. The quantitative estimate of drug-likeness (QED) is 0.680. The zero-order valence-corrected chi connectivity index (χ0v) is 12.1. The second kappa shape index (κ2) is 5.06. The molecule has 0 saturated heterocycles. The molecule has 3 aromatic rings. The zero-order chi connectivity index (χ0) is 14.1. The number of rotatable bonds is 3. The van der Waals surface area contributed by atoms with Gasteiger partial charge in [-0.1, -0.05) is 30.3 Å². The van der Waals surface area contributed by atoms with Gasteiger partial charge >= 0.3 is 0 Å². The average molecular weight is 282 g/mol. The topological polar surface area (TPSA) is 34.9 Å². The van der Waals surface area contributed by atoms with E-state index < -0.39 is 0 Å². The molecule has 0 unspecified atom stereocenters. The lowest BCUT2D eigenvalue weighted by molar-refractivity contribution is 0.102. The zero-order valence-electron chi connectivity index (χ0n) is 11.3. The highest BCUT2D eigenvalue weighted by atomic mass is 32.1. The van der Waals surface area contributed by atoms with E-state index in [0.29, 0.717) is 0 Å². The van der Waals surface area contributed by atoms with Crippen LogP contribution in [-0.4, -0.2) is 15.6 Å². The summed E-state index contributed by atoms with van der Waals surface area (Å²) in [7, 11) is 1.92. The number of nitrogens with zero attached hydrogens (tertiary/aromatic N) is 2. The molecule has 2 aromatic heterocycles. The predicted octanol–water partition coefficient (Wildman–Crippen LogP) is 4.02. The summed E-state index contributed by atoms with van der Waals surface area (Å²) in [4.78, 5) is 12.2. The fourth-order valence-corrected chi connectivity index (χ4v) is 3.05. The van der Waals surface area contributed by atoms with Crippen LogP contribution in [-0.2, 0) is 7.05 Å². The van der Waals surface area contributed by atoms with Crippen molar-refractivity contribution in [2.75, 3.05) is 0 Å². The normalized spacial score (nSPS) is 10.7. The Bertz CT molecular complexity index is 756. The van der Waals surface area contributed by atoms with Crippen LogP contribution in [0.1, 0.15) is 16.6 Å². The number of carbonyl (C=O) groups excluding carboxylic acids is 1. The minimum absolute atomic E-state index is 0.102. The van der Waals surface area contributed by atoms with E-state index in [4.69, 9.17) is 0 Å². The van der Waals surface area contributed by atoms with Crippen molar-refractivity contribution >= 4 is 17.1 Å². The summed E-state index contributed by atoms with van der Waals surface area (Å²) in [5.41, 5.74) is 4.30. The Kier molecular flexibility index (Phi) is 3.24. The van der Waals surface area contributed by atoms with Crippen LogP contribution in [0.3, 0.4) is 0 Å². The summed E-state index contributed by atoms with van der Waals surface area (Å²) >= 11 is 1.48. The molecule has 0 aliphatic rings. The van der Waals surface area contributed by atoms with Crippen LogP contribution >= 0.6 is 11.3 Å². The van der Waals surface area contributed by atoms with Crippen LogP contribution in [0.5, 0.6) is 0 Å². The molecule has 3 rings (SSSR count). The average Bonchev–Trinajstić information content (AvgIpc) is 3.06. The molecule has 0 bridgehead atoms. The number of ketones is 1. The minimum Gasteiger partial charge on any atom is -0.294 e. The Morgan fingerprint density at radius 2 is 1.95 bits per heavy atom. The SMILES string of the molecule is CC(=O)c1cc(-c2c(-c3ccccc3)cnn2C)cs1. The van der Waals surface area contributed by atoms with E-state index in [-0.39, 0.29) is 5.78 Å². The van der Waals surface area contributed by atoms with Gasteiger partial charge in [-0.3, -0.25) is 9.48 Å². The van der Waals surface area contributed by atoms with Crippen LogP contribution in [0.15, 0.2) is 48.0 Å². The third-order valence-electron chi connectivity index (χ3n) is 3.24. The summed E-state index contributed by atoms with van der Waals surface area (Å²) in [6, 6.07) is 12.1. The number of aryl methyl sites for hydroxylation is 1. The van der Waals surface area contributed by atoms with E-state index in [1.807, 2.05) is 47.6 Å². The van der Waals surface area contributed by atoms with Gasteiger partial charge in [0.2, 0.25) is 0 Å². The molecular formula is C16H14N2OS. The van der Waals surface area contributed by atoms with Crippen molar-refractivity contribution in [2.45, 2.75) is 6.92 Å². The van der Waals surface area contributed by atoms with E-state index in [1.54, 1.807) is 6.92 Å². The van der Waals surface area contributed by atoms with Crippen LogP contribution in [0, 0.1) is 0 Å². The molecule has 1 aromatic carbocycles. The van der Waals surface area contributed by atoms with E-state index in [0.717, 1.165) is 27.3 Å². The molecule has 4 heteroatoms. The smallest absolute Gasteiger partial charge is 0.169 e. The first-order valence-electron chi connectivity index (χ1n) is 6.34. The van der Waals surface area contributed by atoms with Gasteiger partial charge in [-0.25, -0.2) is 0 Å². The summed E-state index contributed by atoms with van der Waals surface area (Å²) in [5, 5.41) is 6.37. The van der Waals surface area contributed by atoms with E-state index >= 15 is 0 Å². The van der Waals surface area contributed by atoms with E-state index in [9.17, 15) is 4.79 Å². The van der Waals surface area contributed by atoms with Crippen molar-refractivity contribution in [2.24, 2.45) is 7.05 Å². The molecule has 3 nitrogen and oxygen atoms in total. The fourth-order valence-electron chi connectivity index (χ4n) is 2.25. The molecular weight excluding hydrogens is 268 g/mol. The van der Waals surface area contributed by atoms with Gasteiger partial charge in [-0.2, -0.15) is 5.10 Å². The van der Waals surface area contributed by atoms with Crippen LogP contribution in [0.25, 0.3) is 22.4 Å². The number of hydrogen-bond donors (Lipinski definition) is 0. The molecule has 0 amide bonds. The highest BCUT2D eigenvalue weighted by Crippen LogP contribution is 2.34. The highest BCUT2D eigenvalue weighted by molar-refractivity contribution is 7.12. The Morgan fingerprint density at radius 3 is 2.60 bits per heavy atom. The maximum Gasteiger partial charge on any atom is 0.169 e. The Hall–Kier alpha value is -2.20. The predicted molar refractivity (Wildman–Crippen MR) is 82.0 cm³/mol. The maximum atomic E-state index is 11.5. The van der Waals surface area contributed by atoms with Gasteiger partial charge in [0.1, 0.15) is 0 Å². The molecule has 0 aliphatic heterocycles. The molecule has 0 radical (unpaired) electrons. The largest absolute Gasteiger partial charge is 0.294 e. The third-order valence-corrected chi connectivity index (χ3v) is 4.27. The van der Waals surface area contributed by atoms with Gasteiger partial charge in [0.15, 0.2) is 5.78 Å². The van der Waals surface area contributed by atoms with Gasteiger partial charge in [0.05, 0.1) is 16.8 Å². The summed E-state index contributed by atoms with van der Waals surface area (Å²) < 4.78 is 1.86. The third kappa shape index (κ3) is 2.18. The molecule has 0 aliphatic carbocycles. The number of benzene rings is 1. The van der Waals surface area contributed by atoms with Crippen molar-refractivity contribution in [3.8, 4) is 22.4 Å². The maximum absolute atomic E-state index is 11.5. The second-order valence-corrected chi connectivity index (χ2v) is 5.56. The van der Waals surface area contributed by atoms with Gasteiger partial charge in [0, 0.05) is 23.6 Å². The van der Waals surface area contributed by atoms with Gasteiger partial charge in [-0.15, -0.1) is 11.3 Å². The van der Waals surface area contributed by atoms with Gasteiger partial charge < -0.3 is 0 Å². The summed E-state index contributed by atoms with van der Waals surface area (Å²) in [6.45, 7) is 1.59. The lowest BCUT2D eigenvalue weighted by Gasteiger charge is -2.04. The first kappa shape index (κ1) is 12.8. The molecule has 20 heavy (non-hydrogen) atoms. The first-order valence-corrected chi connectivity index (χ1v) is 7.22. The minimum atomic E-state index is 0.102. The van der Waals surface area contributed by atoms with Crippen LogP contribution < -0.4 is 0 Å². The number of hydrogen-bond acceptors (Lipinski definition) is 3. The van der Waals surface area contributed by atoms with Crippen molar-refractivity contribution in [3.05, 3.63) is 52.9 Å². The summed E-state index contributed by atoms with van der Waals surface area (Å²) in [6.07, 6.45) is 1.87. The molecule has 0 saturated carbocycles. The Morgan fingerprint density at radius 1 is 1.20 bits per heavy atom. The van der Waals surface area contributed by atoms with Gasteiger partial charge in [0.25, 0.3) is 0 Å². The molecule has 0 atom stereocenters. The molecule has 0 spiro atoms. The number of thiophene rings is 1. The first-order chi connectivity index (χ1) is 9.66. The molecule has 0 N–H and O–H groups in total. The van der Waals surface area contributed by atoms with Crippen molar-refractivity contribution in [1.82, 2.24) is 9.78 Å². The lowest BCUT2D eigenvalue weighted by Crippen LogP contribution is -1.93. The van der Waals surface area contributed by atoms with Crippen LogP contribution in [0.2, 0.25) is 0 Å². The second-order valence-electron chi connectivity index (χ2n) is 4.65. The van der Waals surface area contributed by atoms with E-state index in [2.05, 4.69) is 17.2 Å². The number of aromatic nitrogens is 2. The Labute approximate surface area is 121 Å². The molecule has 0 fully saturated rings. The molecule has 2 heterocycles. The number of carbonyl (C=O) groups is 1. The summed E-state index contributed by atoms with van der Waals surface area (Å²) in [5.74, 6) is 0.102. The highest BCUT2D eigenvalue weighted by Gasteiger charge is 2.15. The monoisotopic (exact) mass is 282 g/mol. The molecule has 100 valence electrons. The lowest BCUT2D eigenvalue weighted by atomic mass is 10.0. The van der Waals surface area contributed by atoms with Crippen molar-refractivity contribution in [1.29, 1.82) is 0 Å². The van der Waals surface area contributed by atoms with Crippen LogP contribution in [0.4, 0.5) is 0 Å². The number of Topliss-reactive ketones (excluding diaryl/α,β-unsaturated/α-hetero) is 1. The standard InChI is InChI=1S/C16H14N2OS/c1-11(19)15-8-13(10-20-15)16-14(9-17-18(16)2)12-6-4-3-5-7-12/h3-10H,1-2H3. The van der Waals surface area contributed by atoms with Crippen molar-refractivity contribution in [3.63, 3.8) is 0 Å².